The van der Waals surface area contributed by atoms with Crippen molar-refractivity contribution in [1.29, 1.82) is 0 Å². The van der Waals surface area contributed by atoms with Crippen LogP contribution in [0.25, 0.3) is 0 Å². The summed E-state index contributed by atoms with van der Waals surface area (Å²) in [6, 6.07) is 44.3. The second kappa shape index (κ2) is 18.2. The van der Waals surface area contributed by atoms with Crippen molar-refractivity contribution in [3.05, 3.63) is 121 Å². The molecule has 0 amide bonds. The molecule has 0 aliphatic heterocycles. The maximum atomic E-state index is 7.75. The van der Waals surface area contributed by atoms with Gasteiger partial charge in [0.25, 0.3) is 0 Å². The van der Waals surface area contributed by atoms with Gasteiger partial charge < -0.3 is 10.5 Å². The molecule has 0 fully saturated rings. The van der Waals surface area contributed by atoms with Crippen LogP contribution in [0.5, 0.6) is 0 Å². The van der Waals surface area contributed by atoms with Gasteiger partial charge in [0, 0.05) is 26.2 Å². The number of hydrogen-bond donors (Lipinski definition) is 1. The third kappa shape index (κ3) is 9.97. The van der Waals surface area contributed by atoms with Crippen LogP contribution in [-0.2, 0) is 24.3 Å². The summed E-state index contributed by atoms with van der Waals surface area (Å²) in [7, 11) is -1.66. The van der Waals surface area contributed by atoms with Gasteiger partial charge in [-0.3, -0.25) is 11.7 Å². The van der Waals surface area contributed by atoms with Gasteiger partial charge >= 0.3 is 19.5 Å². The Hall–Kier alpha value is -2.05. The number of nitrogens with two attached hydrogens (primary N) is 1. The molecule has 6 heteroatoms. The summed E-state index contributed by atoms with van der Waals surface area (Å²) in [6.07, 6.45) is 2.38. The summed E-state index contributed by atoms with van der Waals surface area (Å²) in [5.41, 5.74) is 6.06. The zero-order valence-corrected chi connectivity index (χ0v) is 25.0. The number of rotatable bonds is 12. The summed E-state index contributed by atoms with van der Waals surface area (Å²) in [4.78, 5) is 10.4. The van der Waals surface area contributed by atoms with Gasteiger partial charge in [-0.25, -0.2) is 0 Å². The third-order valence-corrected chi connectivity index (χ3v) is 11.9. The Morgan fingerprint density at radius 3 is 1.03 bits per heavy atom. The Kier molecular flexibility index (Phi) is 15.4. The molecule has 4 aromatic carbocycles. The Morgan fingerprint density at radius 2 is 0.784 bits per heavy atom. The minimum absolute atomic E-state index is 0. The van der Waals surface area contributed by atoms with E-state index in [1.807, 2.05) is 0 Å². The standard InChI is InChI=1S/C30H34N2P2.CHO.Ru.H/c31-21-22-32(23-25-33(27-13-5-1-6-14-27)28-15-7-2-8-16-28)24-26-34(29-17-9-3-10-18-29)30-19-11-4-12-20-30;1-2;;/h1-20H,21-26,31H2;1H;;/q;-1;+3;/p+2. The van der Waals surface area contributed by atoms with Crippen molar-refractivity contribution >= 4 is 43.9 Å². The summed E-state index contributed by atoms with van der Waals surface area (Å²) < 4.78 is 0. The fourth-order valence-corrected chi connectivity index (χ4v) is 9.81. The quantitative estimate of drug-likeness (QED) is 0.115. The van der Waals surface area contributed by atoms with E-state index in [0.717, 1.165) is 19.6 Å². The van der Waals surface area contributed by atoms with E-state index in [2.05, 4.69) is 133 Å². The van der Waals surface area contributed by atoms with Gasteiger partial charge in [-0.15, -0.1) is 0 Å². The van der Waals surface area contributed by atoms with Gasteiger partial charge in [0.05, 0.1) is 49.4 Å². The van der Waals surface area contributed by atoms with Crippen molar-refractivity contribution in [3.63, 3.8) is 0 Å². The average Bonchev–Trinajstić information content (AvgIpc) is 2.96. The second-order valence-corrected chi connectivity index (χ2v) is 13.8. The number of carbonyl (C=O) groups excluding carboxylic acids is 1. The van der Waals surface area contributed by atoms with Gasteiger partial charge in [0.1, 0.15) is 0 Å². The summed E-state index contributed by atoms with van der Waals surface area (Å²) in [5, 5.41) is 5.96. The van der Waals surface area contributed by atoms with Gasteiger partial charge in [-0.05, 0) is 48.5 Å². The number of nitrogens with zero attached hydrogens (tertiary/aromatic N) is 1. The van der Waals surface area contributed by atoms with E-state index in [1.54, 1.807) is 0 Å². The van der Waals surface area contributed by atoms with Crippen LogP contribution < -0.4 is 27.0 Å². The Labute approximate surface area is 237 Å². The van der Waals surface area contributed by atoms with Crippen molar-refractivity contribution in [2.24, 2.45) is 5.73 Å². The molecule has 192 valence electrons. The van der Waals surface area contributed by atoms with Crippen molar-refractivity contribution in [2.75, 3.05) is 38.5 Å². The fraction of sp³-hybridized carbons (Fsp3) is 0.194. The van der Waals surface area contributed by atoms with E-state index in [4.69, 9.17) is 10.5 Å². The number of benzene rings is 4. The van der Waals surface area contributed by atoms with Gasteiger partial charge in [-0.2, -0.15) is 0 Å². The Morgan fingerprint density at radius 1 is 0.514 bits per heavy atom. The monoisotopic (exact) mass is 618 g/mol. The Balaban J connectivity index is 0.00000157. The first-order chi connectivity index (χ1) is 17.8. The topological polar surface area (TPSA) is 46.3 Å². The molecule has 4 rings (SSSR count). The fourth-order valence-electron chi connectivity index (χ4n) is 4.53. The van der Waals surface area contributed by atoms with Crippen LogP contribution in [-0.4, -0.2) is 50.2 Å². The first-order valence-electron chi connectivity index (χ1n) is 12.4. The van der Waals surface area contributed by atoms with Crippen LogP contribution in [0.3, 0.4) is 0 Å². The van der Waals surface area contributed by atoms with Crippen LogP contribution in [0.2, 0.25) is 0 Å². The van der Waals surface area contributed by atoms with E-state index in [-0.39, 0.29) is 19.5 Å². The van der Waals surface area contributed by atoms with Gasteiger partial charge in [-0.1, -0.05) is 72.8 Å². The summed E-state index contributed by atoms with van der Waals surface area (Å²) >= 11 is 0. The first-order valence-corrected chi connectivity index (χ1v) is 15.9. The zero-order valence-electron chi connectivity index (χ0n) is 21.2. The molecule has 2 N–H and O–H groups in total. The number of hydrogen-bond acceptors (Lipinski definition) is 3. The average molecular weight is 618 g/mol. The SMILES string of the molecule is NCCN(CC[PH+](c1ccccc1)c1ccccc1)CC[PH+](c1ccccc1)c1ccccc1.[CH-]=O.[RuH+3]. The molecule has 0 unspecified atom stereocenters. The molecule has 0 aliphatic rings. The van der Waals surface area contributed by atoms with Crippen LogP contribution in [0.1, 0.15) is 0 Å². The molecule has 0 heterocycles. The molecule has 0 aliphatic carbocycles. The van der Waals surface area contributed by atoms with Crippen LogP contribution in [0.4, 0.5) is 0 Å². The predicted molar refractivity (Wildman–Crippen MR) is 164 cm³/mol. The molecule has 37 heavy (non-hydrogen) atoms. The van der Waals surface area contributed by atoms with Crippen LogP contribution in [0.15, 0.2) is 121 Å². The summed E-state index contributed by atoms with van der Waals surface area (Å²) in [5.74, 6) is 0. The predicted octanol–water partition coefficient (Wildman–Crippen LogP) is 3.43. The molecule has 1 radical (unpaired) electrons. The molecule has 3 nitrogen and oxygen atoms in total. The normalized spacial score (nSPS) is 10.6. The summed E-state index contributed by atoms with van der Waals surface area (Å²) in [6.45, 7) is 7.09. The van der Waals surface area contributed by atoms with Crippen molar-refractivity contribution in [3.8, 4) is 0 Å². The molecule has 0 spiro atoms. The molecular formula is C31H38N2OP2Ru+4. The minimum atomic E-state index is -0.828. The van der Waals surface area contributed by atoms with E-state index in [1.165, 1.54) is 33.5 Å². The first kappa shape index (κ1) is 31.2. The maximum absolute atomic E-state index is 7.75. The molecule has 0 atom stereocenters. The van der Waals surface area contributed by atoms with Crippen molar-refractivity contribution in [1.82, 2.24) is 4.90 Å². The van der Waals surface area contributed by atoms with Crippen molar-refractivity contribution in [2.45, 2.75) is 0 Å². The molecular weight excluding hydrogens is 579 g/mol. The molecule has 0 saturated carbocycles. The second-order valence-electron chi connectivity index (χ2n) is 8.55. The third-order valence-electron chi connectivity index (χ3n) is 6.29. The van der Waals surface area contributed by atoms with E-state index >= 15 is 0 Å². The van der Waals surface area contributed by atoms with E-state index < -0.39 is 15.8 Å². The molecule has 0 aromatic heterocycles. The van der Waals surface area contributed by atoms with Crippen LogP contribution >= 0.6 is 15.8 Å². The van der Waals surface area contributed by atoms with Gasteiger partial charge in [0.15, 0.2) is 0 Å². The van der Waals surface area contributed by atoms with Crippen molar-refractivity contribution < 1.29 is 24.3 Å². The van der Waals surface area contributed by atoms with Crippen LogP contribution in [0, 0.1) is 0 Å². The van der Waals surface area contributed by atoms with E-state index in [0.29, 0.717) is 6.54 Å². The molecule has 4 aromatic rings. The molecule has 0 bridgehead atoms. The van der Waals surface area contributed by atoms with Gasteiger partial charge in [0.2, 0.25) is 0 Å². The zero-order chi connectivity index (χ0) is 25.4. The van der Waals surface area contributed by atoms with E-state index in [9.17, 15) is 0 Å². The molecule has 0 saturated heterocycles. The Bertz CT molecular complexity index is 939.